The SMILES string of the molecule is Nc1ccccc1SCCS(=O)(=O)NC1(CO)CCCC1. The topological polar surface area (TPSA) is 92.4 Å². The molecule has 0 unspecified atom stereocenters. The molecule has 0 saturated heterocycles. The summed E-state index contributed by atoms with van der Waals surface area (Å²) < 4.78 is 27.0. The van der Waals surface area contributed by atoms with Gasteiger partial charge >= 0.3 is 0 Å². The Balaban J connectivity index is 1.88. The predicted molar refractivity (Wildman–Crippen MR) is 86.8 cm³/mol. The van der Waals surface area contributed by atoms with Gasteiger partial charge in [-0.15, -0.1) is 11.8 Å². The minimum absolute atomic E-state index is 0.0216. The van der Waals surface area contributed by atoms with E-state index in [1.54, 1.807) is 6.07 Å². The summed E-state index contributed by atoms with van der Waals surface area (Å²) in [6.45, 7) is -0.134. The van der Waals surface area contributed by atoms with Crippen LogP contribution in [-0.4, -0.2) is 37.2 Å². The van der Waals surface area contributed by atoms with Crippen LogP contribution >= 0.6 is 11.8 Å². The van der Waals surface area contributed by atoms with E-state index in [-0.39, 0.29) is 12.4 Å². The highest BCUT2D eigenvalue weighted by Crippen LogP contribution is 2.30. The number of nitrogens with one attached hydrogen (secondary N) is 1. The molecular weight excluding hydrogens is 308 g/mol. The normalized spacial score (nSPS) is 18.0. The Morgan fingerprint density at radius 3 is 2.57 bits per heavy atom. The first-order valence-corrected chi connectivity index (χ1v) is 9.70. The Morgan fingerprint density at radius 2 is 1.95 bits per heavy atom. The van der Waals surface area contributed by atoms with Crippen LogP contribution in [-0.2, 0) is 10.0 Å². The van der Waals surface area contributed by atoms with Gasteiger partial charge in [0.15, 0.2) is 0 Å². The lowest BCUT2D eigenvalue weighted by Crippen LogP contribution is -2.50. The number of nitrogens with two attached hydrogens (primary N) is 1. The van der Waals surface area contributed by atoms with Gasteiger partial charge in [0.05, 0.1) is 17.9 Å². The Morgan fingerprint density at radius 1 is 1.29 bits per heavy atom. The molecule has 1 aliphatic carbocycles. The van der Waals surface area contributed by atoms with E-state index in [9.17, 15) is 13.5 Å². The molecule has 118 valence electrons. The molecular formula is C14H22N2O3S2. The van der Waals surface area contributed by atoms with E-state index < -0.39 is 15.6 Å². The molecule has 7 heteroatoms. The first-order chi connectivity index (χ1) is 9.96. The van der Waals surface area contributed by atoms with Crippen LogP contribution < -0.4 is 10.5 Å². The Kier molecular flexibility index (Phi) is 5.54. The minimum atomic E-state index is -3.39. The average Bonchev–Trinajstić information content (AvgIpc) is 2.89. The number of para-hydroxylation sites is 1. The molecule has 0 aromatic heterocycles. The molecule has 0 bridgehead atoms. The van der Waals surface area contributed by atoms with Gasteiger partial charge in [0, 0.05) is 16.3 Å². The molecule has 0 spiro atoms. The van der Waals surface area contributed by atoms with Crippen molar-refractivity contribution in [3.8, 4) is 0 Å². The monoisotopic (exact) mass is 330 g/mol. The fourth-order valence-electron chi connectivity index (χ4n) is 2.60. The van der Waals surface area contributed by atoms with Crippen molar-refractivity contribution in [2.24, 2.45) is 0 Å². The summed E-state index contributed by atoms with van der Waals surface area (Å²) >= 11 is 1.43. The third kappa shape index (κ3) is 4.60. The molecule has 0 aliphatic heterocycles. The zero-order valence-electron chi connectivity index (χ0n) is 11.9. The standard InChI is InChI=1S/C14H22N2O3S2/c15-12-5-1-2-6-13(12)20-9-10-21(18,19)16-14(11-17)7-3-4-8-14/h1-2,5-6,16-17H,3-4,7-11,15H2. The van der Waals surface area contributed by atoms with Crippen LogP contribution in [0.15, 0.2) is 29.2 Å². The van der Waals surface area contributed by atoms with Crippen LogP contribution in [0.3, 0.4) is 0 Å². The zero-order valence-corrected chi connectivity index (χ0v) is 13.5. The van der Waals surface area contributed by atoms with E-state index in [0.29, 0.717) is 24.3 Å². The van der Waals surface area contributed by atoms with Gasteiger partial charge < -0.3 is 10.8 Å². The molecule has 1 aromatic rings. The number of thioether (sulfide) groups is 1. The highest BCUT2D eigenvalue weighted by atomic mass is 32.2. The van der Waals surface area contributed by atoms with Crippen LogP contribution in [0.25, 0.3) is 0 Å². The van der Waals surface area contributed by atoms with Crippen LogP contribution in [0.1, 0.15) is 25.7 Å². The maximum atomic E-state index is 12.2. The molecule has 5 nitrogen and oxygen atoms in total. The van der Waals surface area contributed by atoms with Crippen molar-refractivity contribution in [2.45, 2.75) is 36.1 Å². The van der Waals surface area contributed by atoms with Crippen molar-refractivity contribution >= 4 is 27.5 Å². The number of rotatable bonds is 7. The number of hydrogen-bond donors (Lipinski definition) is 3. The van der Waals surface area contributed by atoms with Crippen LogP contribution in [0.4, 0.5) is 5.69 Å². The molecule has 1 aromatic carbocycles. The third-order valence-corrected chi connectivity index (χ3v) is 6.60. The van der Waals surface area contributed by atoms with Gasteiger partial charge in [-0.2, -0.15) is 0 Å². The molecule has 0 atom stereocenters. The molecule has 4 N–H and O–H groups in total. The Hall–Kier alpha value is -0.760. The van der Waals surface area contributed by atoms with E-state index in [4.69, 9.17) is 5.73 Å². The van der Waals surface area contributed by atoms with E-state index in [1.807, 2.05) is 18.2 Å². The maximum Gasteiger partial charge on any atom is 0.213 e. The number of aliphatic hydroxyl groups excluding tert-OH is 1. The number of sulfonamides is 1. The van der Waals surface area contributed by atoms with E-state index in [1.165, 1.54) is 11.8 Å². The Labute approximate surface area is 130 Å². The van der Waals surface area contributed by atoms with Crippen LogP contribution in [0.5, 0.6) is 0 Å². The van der Waals surface area contributed by atoms with Gasteiger partial charge in [0.2, 0.25) is 10.0 Å². The second-order valence-corrected chi connectivity index (χ2v) is 8.43. The van der Waals surface area contributed by atoms with E-state index in [0.717, 1.165) is 17.7 Å². The lowest BCUT2D eigenvalue weighted by molar-refractivity contribution is 0.185. The van der Waals surface area contributed by atoms with Crippen LogP contribution in [0.2, 0.25) is 0 Å². The molecule has 0 heterocycles. The molecule has 1 fully saturated rings. The third-order valence-electron chi connectivity index (χ3n) is 3.76. The fourth-order valence-corrected chi connectivity index (χ4v) is 5.47. The van der Waals surface area contributed by atoms with E-state index in [2.05, 4.69) is 4.72 Å². The summed E-state index contributed by atoms with van der Waals surface area (Å²) in [7, 11) is -3.39. The summed E-state index contributed by atoms with van der Waals surface area (Å²) in [5, 5.41) is 9.47. The van der Waals surface area contributed by atoms with Crippen molar-refractivity contribution in [1.29, 1.82) is 0 Å². The van der Waals surface area contributed by atoms with Crippen molar-refractivity contribution in [1.82, 2.24) is 4.72 Å². The molecule has 1 aliphatic rings. The van der Waals surface area contributed by atoms with Gasteiger partial charge in [-0.1, -0.05) is 25.0 Å². The second kappa shape index (κ2) is 7.00. The Bertz CT molecular complexity index is 569. The average molecular weight is 330 g/mol. The molecule has 2 rings (SSSR count). The summed E-state index contributed by atoms with van der Waals surface area (Å²) in [6, 6.07) is 7.41. The summed E-state index contributed by atoms with van der Waals surface area (Å²) in [5.74, 6) is 0.457. The predicted octanol–water partition coefficient (Wildman–Crippen LogP) is 1.59. The van der Waals surface area contributed by atoms with Crippen LogP contribution in [0, 0.1) is 0 Å². The highest BCUT2D eigenvalue weighted by molar-refractivity contribution is 8.00. The summed E-state index contributed by atoms with van der Waals surface area (Å²) in [4.78, 5) is 0.894. The number of benzene rings is 1. The number of aliphatic hydroxyl groups is 1. The second-order valence-electron chi connectivity index (χ2n) is 5.45. The fraction of sp³-hybridized carbons (Fsp3) is 0.571. The smallest absolute Gasteiger partial charge is 0.213 e. The number of anilines is 1. The first kappa shape index (κ1) is 16.6. The highest BCUT2D eigenvalue weighted by Gasteiger charge is 2.36. The van der Waals surface area contributed by atoms with Gasteiger partial charge in [0.1, 0.15) is 0 Å². The summed E-state index contributed by atoms with van der Waals surface area (Å²) in [5.41, 5.74) is 5.84. The van der Waals surface area contributed by atoms with Gasteiger partial charge in [0.25, 0.3) is 0 Å². The van der Waals surface area contributed by atoms with Gasteiger partial charge in [-0.05, 0) is 25.0 Å². The largest absolute Gasteiger partial charge is 0.398 e. The first-order valence-electron chi connectivity index (χ1n) is 7.06. The van der Waals surface area contributed by atoms with Crippen molar-refractivity contribution in [2.75, 3.05) is 23.8 Å². The number of nitrogen functional groups attached to an aromatic ring is 1. The molecule has 0 amide bonds. The maximum absolute atomic E-state index is 12.2. The zero-order chi connectivity index (χ0) is 15.3. The van der Waals surface area contributed by atoms with Crippen molar-refractivity contribution in [3.05, 3.63) is 24.3 Å². The van der Waals surface area contributed by atoms with Crippen molar-refractivity contribution < 1.29 is 13.5 Å². The number of hydrogen-bond acceptors (Lipinski definition) is 5. The van der Waals surface area contributed by atoms with E-state index >= 15 is 0 Å². The van der Waals surface area contributed by atoms with Crippen molar-refractivity contribution in [3.63, 3.8) is 0 Å². The lowest BCUT2D eigenvalue weighted by atomic mass is 10.0. The van der Waals surface area contributed by atoms with Gasteiger partial charge in [-0.3, -0.25) is 0 Å². The lowest BCUT2D eigenvalue weighted by Gasteiger charge is -2.27. The molecule has 21 heavy (non-hydrogen) atoms. The molecule has 1 saturated carbocycles. The minimum Gasteiger partial charge on any atom is -0.398 e. The summed E-state index contributed by atoms with van der Waals surface area (Å²) in [6.07, 6.45) is 3.33. The van der Waals surface area contributed by atoms with Gasteiger partial charge in [-0.25, -0.2) is 13.1 Å². The molecule has 0 radical (unpaired) electrons. The quantitative estimate of drug-likeness (QED) is 0.521.